The van der Waals surface area contributed by atoms with Gasteiger partial charge in [0.15, 0.2) is 0 Å². The predicted molar refractivity (Wildman–Crippen MR) is 104 cm³/mol. The van der Waals surface area contributed by atoms with Gasteiger partial charge in [-0.3, -0.25) is 14.5 Å². The first-order chi connectivity index (χ1) is 12.6. The van der Waals surface area contributed by atoms with Crippen molar-refractivity contribution in [2.24, 2.45) is 0 Å². The largest absolute Gasteiger partial charge is 0.369 e. The monoisotopic (exact) mass is 352 g/mol. The molecule has 2 N–H and O–H groups in total. The van der Waals surface area contributed by atoms with Crippen molar-refractivity contribution in [2.45, 2.75) is 6.92 Å². The molecule has 26 heavy (non-hydrogen) atoms. The first-order valence-electron chi connectivity index (χ1n) is 8.80. The van der Waals surface area contributed by atoms with Gasteiger partial charge in [0, 0.05) is 50.2 Å². The van der Waals surface area contributed by atoms with Gasteiger partial charge in [0.25, 0.3) is 0 Å². The topological polar surface area (TPSA) is 64.7 Å². The van der Waals surface area contributed by atoms with Gasteiger partial charge in [-0.25, -0.2) is 0 Å². The molecule has 2 amide bonds. The zero-order valence-corrected chi connectivity index (χ0v) is 14.9. The molecule has 2 aromatic carbocycles. The SMILES string of the molecule is CC(=O)Nc1cccc(NC(=O)CN2CCN(c3ccccc3)CC2)c1. The highest BCUT2D eigenvalue weighted by atomic mass is 16.2. The average molecular weight is 352 g/mol. The molecular formula is C20H24N4O2. The van der Waals surface area contributed by atoms with Crippen molar-refractivity contribution < 1.29 is 9.59 Å². The predicted octanol–water partition coefficient (Wildman–Crippen LogP) is 2.41. The molecule has 2 aromatic rings. The van der Waals surface area contributed by atoms with Crippen LogP contribution in [0.4, 0.5) is 17.1 Å². The zero-order valence-electron chi connectivity index (χ0n) is 14.9. The van der Waals surface area contributed by atoms with Crippen LogP contribution in [-0.4, -0.2) is 49.4 Å². The number of amides is 2. The van der Waals surface area contributed by atoms with Crippen LogP contribution in [0, 0.1) is 0 Å². The van der Waals surface area contributed by atoms with Crippen LogP contribution in [0.15, 0.2) is 54.6 Å². The quantitative estimate of drug-likeness (QED) is 0.867. The number of nitrogens with zero attached hydrogens (tertiary/aromatic N) is 2. The smallest absolute Gasteiger partial charge is 0.238 e. The van der Waals surface area contributed by atoms with E-state index in [0.29, 0.717) is 17.9 Å². The molecule has 3 rings (SSSR count). The highest BCUT2D eigenvalue weighted by molar-refractivity contribution is 5.94. The molecule has 136 valence electrons. The van der Waals surface area contributed by atoms with Gasteiger partial charge in [0.1, 0.15) is 0 Å². The normalized spacial score (nSPS) is 14.7. The molecule has 6 nitrogen and oxygen atoms in total. The standard InChI is InChI=1S/C20H24N4O2/c1-16(25)21-17-6-5-7-18(14-17)22-20(26)15-23-10-12-24(13-11-23)19-8-3-2-4-9-19/h2-9,14H,10-13,15H2,1H3,(H,21,25)(H,22,26). The molecule has 6 heteroatoms. The summed E-state index contributed by atoms with van der Waals surface area (Å²) in [5.74, 6) is -0.178. The molecule has 0 unspecified atom stereocenters. The van der Waals surface area contributed by atoms with Crippen molar-refractivity contribution in [3.8, 4) is 0 Å². The number of carbonyl (C=O) groups excluding carboxylic acids is 2. The maximum atomic E-state index is 12.3. The lowest BCUT2D eigenvalue weighted by atomic mass is 10.2. The molecule has 0 atom stereocenters. The number of nitrogens with one attached hydrogen (secondary N) is 2. The minimum absolute atomic E-state index is 0.0434. The van der Waals surface area contributed by atoms with Crippen molar-refractivity contribution in [3.63, 3.8) is 0 Å². The van der Waals surface area contributed by atoms with E-state index in [1.165, 1.54) is 12.6 Å². The molecule has 1 fully saturated rings. The van der Waals surface area contributed by atoms with Crippen LogP contribution in [0.2, 0.25) is 0 Å². The molecule has 0 radical (unpaired) electrons. The Bertz CT molecular complexity index is 755. The molecule has 1 aliphatic rings. The van der Waals surface area contributed by atoms with Gasteiger partial charge in [-0.15, -0.1) is 0 Å². The first-order valence-corrected chi connectivity index (χ1v) is 8.80. The van der Waals surface area contributed by atoms with Gasteiger partial charge in [-0.1, -0.05) is 24.3 Å². The van der Waals surface area contributed by atoms with E-state index >= 15 is 0 Å². The minimum atomic E-state index is -0.134. The van der Waals surface area contributed by atoms with Gasteiger partial charge in [-0.2, -0.15) is 0 Å². The van der Waals surface area contributed by atoms with Crippen molar-refractivity contribution in [3.05, 3.63) is 54.6 Å². The van der Waals surface area contributed by atoms with E-state index in [4.69, 9.17) is 0 Å². The lowest BCUT2D eigenvalue weighted by molar-refractivity contribution is -0.117. The van der Waals surface area contributed by atoms with Crippen LogP contribution in [0.5, 0.6) is 0 Å². The van der Waals surface area contributed by atoms with Gasteiger partial charge >= 0.3 is 0 Å². The van der Waals surface area contributed by atoms with Gasteiger partial charge in [0.2, 0.25) is 11.8 Å². The van der Waals surface area contributed by atoms with Gasteiger partial charge in [0.05, 0.1) is 6.54 Å². The molecule has 0 saturated carbocycles. The summed E-state index contributed by atoms with van der Waals surface area (Å²) in [6.07, 6.45) is 0. The fraction of sp³-hybridized carbons (Fsp3) is 0.300. The van der Waals surface area contributed by atoms with Crippen molar-refractivity contribution in [1.29, 1.82) is 0 Å². The number of benzene rings is 2. The second kappa shape index (κ2) is 8.49. The van der Waals surface area contributed by atoms with Crippen molar-refractivity contribution >= 4 is 28.9 Å². The summed E-state index contributed by atoms with van der Waals surface area (Å²) in [7, 11) is 0. The number of rotatable bonds is 5. The van der Waals surface area contributed by atoms with Crippen LogP contribution in [0.3, 0.4) is 0 Å². The maximum Gasteiger partial charge on any atom is 0.238 e. The summed E-state index contributed by atoms with van der Waals surface area (Å²) in [5, 5.41) is 5.61. The summed E-state index contributed by atoms with van der Waals surface area (Å²) in [6, 6.07) is 17.5. The van der Waals surface area contributed by atoms with E-state index in [1.807, 2.05) is 24.3 Å². The molecule has 1 heterocycles. The molecule has 1 aliphatic heterocycles. The molecule has 0 aromatic heterocycles. The van der Waals surface area contributed by atoms with Gasteiger partial charge in [-0.05, 0) is 30.3 Å². The van der Waals surface area contributed by atoms with Crippen molar-refractivity contribution in [2.75, 3.05) is 48.3 Å². The molecule has 0 aliphatic carbocycles. The summed E-state index contributed by atoms with van der Waals surface area (Å²) in [5.41, 5.74) is 2.59. The maximum absolute atomic E-state index is 12.3. The Morgan fingerprint density at radius 3 is 2.19 bits per heavy atom. The number of hydrogen-bond acceptors (Lipinski definition) is 4. The summed E-state index contributed by atoms with van der Waals surface area (Å²) < 4.78 is 0. The zero-order chi connectivity index (χ0) is 18.4. The highest BCUT2D eigenvalue weighted by Gasteiger charge is 2.19. The number of piperazine rings is 1. The Morgan fingerprint density at radius 2 is 1.54 bits per heavy atom. The Labute approximate surface area is 153 Å². The van der Waals surface area contributed by atoms with Crippen LogP contribution in [-0.2, 0) is 9.59 Å². The fourth-order valence-electron chi connectivity index (χ4n) is 3.08. The number of anilines is 3. The van der Waals surface area contributed by atoms with Crippen LogP contribution < -0.4 is 15.5 Å². The minimum Gasteiger partial charge on any atom is -0.369 e. The average Bonchev–Trinajstić information content (AvgIpc) is 2.63. The third-order valence-electron chi connectivity index (χ3n) is 4.33. The van der Waals surface area contributed by atoms with Crippen LogP contribution in [0.25, 0.3) is 0 Å². The third kappa shape index (κ3) is 5.07. The van der Waals surface area contributed by atoms with Crippen LogP contribution in [0.1, 0.15) is 6.92 Å². The molecular weight excluding hydrogens is 328 g/mol. The van der Waals surface area contributed by atoms with E-state index in [2.05, 4.69) is 32.6 Å². The fourth-order valence-corrected chi connectivity index (χ4v) is 3.08. The van der Waals surface area contributed by atoms with E-state index in [1.54, 1.807) is 18.2 Å². The first kappa shape index (κ1) is 17.9. The van der Waals surface area contributed by atoms with E-state index in [0.717, 1.165) is 26.2 Å². The molecule has 1 saturated heterocycles. The number of para-hydroxylation sites is 1. The highest BCUT2D eigenvalue weighted by Crippen LogP contribution is 2.17. The Kier molecular flexibility index (Phi) is 5.86. The second-order valence-electron chi connectivity index (χ2n) is 6.41. The Hall–Kier alpha value is -2.86. The van der Waals surface area contributed by atoms with E-state index in [9.17, 15) is 9.59 Å². The second-order valence-corrected chi connectivity index (χ2v) is 6.41. The Balaban J connectivity index is 1.48. The Morgan fingerprint density at radius 1 is 0.885 bits per heavy atom. The molecule has 0 spiro atoms. The lowest BCUT2D eigenvalue weighted by Gasteiger charge is -2.35. The van der Waals surface area contributed by atoms with Crippen molar-refractivity contribution in [1.82, 2.24) is 4.90 Å². The molecule has 0 bridgehead atoms. The summed E-state index contributed by atoms with van der Waals surface area (Å²) >= 11 is 0. The third-order valence-corrected chi connectivity index (χ3v) is 4.33. The van der Waals surface area contributed by atoms with Gasteiger partial charge < -0.3 is 15.5 Å². The number of carbonyl (C=O) groups is 2. The van der Waals surface area contributed by atoms with E-state index < -0.39 is 0 Å². The number of hydrogen-bond donors (Lipinski definition) is 2. The van der Waals surface area contributed by atoms with Crippen LogP contribution >= 0.6 is 0 Å². The summed E-state index contributed by atoms with van der Waals surface area (Å²) in [4.78, 5) is 27.9. The summed E-state index contributed by atoms with van der Waals surface area (Å²) in [6.45, 7) is 5.36. The lowest BCUT2D eigenvalue weighted by Crippen LogP contribution is -2.48. The van der Waals surface area contributed by atoms with E-state index in [-0.39, 0.29) is 11.8 Å².